The van der Waals surface area contributed by atoms with Gasteiger partial charge < -0.3 is 4.42 Å². The number of rotatable bonds is 2. The van der Waals surface area contributed by atoms with Crippen molar-refractivity contribution >= 4 is 56.3 Å². The number of aryl methyl sites for hydroxylation is 1. The van der Waals surface area contributed by atoms with Gasteiger partial charge in [-0.3, -0.25) is 4.79 Å². The van der Waals surface area contributed by atoms with Gasteiger partial charge in [-0.25, -0.2) is 0 Å². The number of benzene rings is 2. The zero-order valence-electron chi connectivity index (χ0n) is 12.8. The van der Waals surface area contributed by atoms with Gasteiger partial charge in [-0.2, -0.15) is 4.57 Å². The summed E-state index contributed by atoms with van der Waals surface area (Å²) in [6, 6.07) is 13.3. The van der Waals surface area contributed by atoms with Gasteiger partial charge in [-0.1, -0.05) is 35.1 Å². The topological polar surface area (TPSA) is 34.1 Å². The maximum Gasteiger partial charge on any atom is 0.262 e. The Labute approximate surface area is 147 Å². The van der Waals surface area contributed by atoms with Crippen molar-refractivity contribution in [3.63, 3.8) is 0 Å². The van der Waals surface area contributed by atoms with Crippen LogP contribution in [0.1, 0.15) is 10.6 Å². The average Bonchev–Trinajstić information content (AvgIpc) is 2.91. The smallest absolute Gasteiger partial charge is 0.262 e. The zero-order valence-corrected chi connectivity index (χ0v) is 14.4. The summed E-state index contributed by atoms with van der Waals surface area (Å²) in [5.74, 6) is 0. The van der Waals surface area contributed by atoms with Crippen molar-refractivity contribution in [1.29, 1.82) is 0 Å². The molecule has 2 aromatic heterocycles. The SMILES string of the molecule is C[n+]1c(C=Cc2coc3ccc(Cl)cc3c2=O)sc2ccccc21. The summed E-state index contributed by atoms with van der Waals surface area (Å²) < 4.78 is 8.86. The van der Waals surface area contributed by atoms with E-state index in [4.69, 9.17) is 16.0 Å². The first-order valence-electron chi connectivity index (χ1n) is 7.40. The molecule has 0 bridgehead atoms. The fraction of sp³-hybridized carbons (Fsp3) is 0.0526. The monoisotopic (exact) mass is 354 g/mol. The van der Waals surface area contributed by atoms with Crippen molar-refractivity contribution in [3.05, 3.63) is 74.5 Å². The summed E-state index contributed by atoms with van der Waals surface area (Å²) in [5.41, 5.74) is 2.12. The molecule has 2 heterocycles. The highest BCUT2D eigenvalue weighted by Crippen LogP contribution is 2.22. The molecule has 0 fully saturated rings. The summed E-state index contributed by atoms with van der Waals surface area (Å²) in [5, 5.41) is 2.07. The van der Waals surface area contributed by atoms with E-state index in [0.717, 1.165) is 5.01 Å². The first-order chi connectivity index (χ1) is 11.6. The number of aromatic nitrogens is 1. The molecule has 0 spiro atoms. The number of halogens is 1. The Balaban J connectivity index is 1.80. The van der Waals surface area contributed by atoms with Crippen LogP contribution in [0.15, 0.2) is 57.9 Å². The number of hydrogen-bond acceptors (Lipinski definition) is 3. The molecular formula is C19H13ClNO2S+. The lowest BCUT2D eigenvalue weighted by atomic mass is 10.1. The Bertz CT molecular complexity index is 1160. The maximum atomic E-state index is 12.6. The highest BCUT2D eigenvalue weighted by molar-refractivity contribution is 7.18. The van der Waals surface area contributed by atoms with E-state index < -0.39 is 0 Å². The van der Waals surface area contributed by atoms with Gasteiger partial charge >= 0.3 is 0 Å². The van der Waals surface area contributed by atoms with Crippen LogP contribution >= 0.6 is 22.9 Å². The van der Waals surface area contributed by atoms with E-state index in [1.807, 2.05) is 25.3 Å². The van der Waals surface area contributed by atoms with Crippen molar-refractivity contribution < 1.29 is 8.98 Å². The quantitative estimate of drug-likeness (QED) is 0.491. The largest absolute Gasteiger partial charge is 0.463 e. The third kappa shape index (κ3) is 2.54. The predicted molar refractivity (Wildman–Crippen MR) is 99.4 cm³/mol. The van der Waals surface area contributed by atoms with Crippen molar-refractivity contribution in [2.24, 2.45) is 7.05 Å². The van der Waals surface area contributed by atoms with Gasteiger partial charge in [0.15, 0.2) is 5.43 Å². The molecule has 0 N–H and O–H groups in total. The molecule has 24 heavy (non-hydrogen) atoms. The zero-order chi connectivity index (χ0) is 16.7. The molecule has 5 heteroatoms. The molecular weight excluding hydrogens is 342 g/mol. The van der Waals surface area contributed by atoms with E-state index in [-0.39, 0.29) is 5.43 Å². The van der Waals surface area contributed by atoms with Crippen LogP contribution in [0.5, 0.6) is 0 Å². The molecule has 0 aliphatic rings. The lowest BCUT2D eigenvalue weighted by Gasteiger charge is -1.98. The molecule has 0 amide bonds. The first kappa shape index (κ1) is 15.1. The third-order valence-electron chi connectivity index (χ3n) is 3.94. The second kappa shape index (κ2) is 5.89. The van der Waals surface area contributed by atoms with Gasteiger partial charge in [0, 0.05) is 17.2 Å². The molecule has 0 aliphatic carbocycles. The Hall–Kier alpha value is -2.43. The van der Waals surface area contributed by atoms with Crippen LogP contribution < -0.4 is 10.00 Å². The first-order valence-corrected chi connectivity index (χ1v) is 8.59. The summed E-state index contributed by atoms with van der Waals surface area (Å²) in [6.45, 7) is 0. The lowest BCUT2D eigenvalue weighted by Crippen LogP contribution is -2.28. The summed E-state index contributed by atoms with van der Waals surface area (Å²) in [6.07, 6.45) is 5.21. The van der Waals surface area contributed by atoms with Gasteiger partial charge in [0.25, 0.3) is 5.01 Å². The molecule has 4 rings (SSSR count). The summed E-state index contributed by atoms with van der Waals surface area (Å²) in [7, 11) is 2.02. The van der Waals surface area contributed by atoms with Gasteiger partial charge in [-0.05, 0) is 30.3 Å². The fourth-order valence-corrected chi connectivity index (χ4v) is 3.89. The van der Waals surface area contributed by atoms with Crippen LogP contribution in [0, 0.1) is 0 Å². The standard InChI is InChI=1S/C19H13ClNO2S/c1-21-15-4-2-3-5-17(15)24-18(21)9-6-12-11-23-16-8-7-13(20)10-14(16)19(12)22/h2-11H,1H3/q+1. The van der Waals surface area contributed by atoms with Gasteiger partial charge in [-0.15, -0.1) is 0 Å². The van der Waals surface area contributed by atoms with E-state index in [2.05, 4.69) is 16.7 Å². The molecule has 0 saturated carbocycles. The molecule has 0 saturated heterocycles. The van der Waals surface area contributed by atoms with E-state index in [1.54, 1.807) is 35.6 Å². The highest BCUT2D eigenvalue weighted by atomic mass is 35.5. The Morgan fingerprint density at radius 3 is 2.83 bits per heavy atom. The van der Waals surface area contributed by atoms with Crippen molar-refractivity contribution in [2.45, 2.75) is 0 Å². The minimum Gasteiger partial charge on any atom is -0.463 e. The van der Waals surface area contributed by atoms with Gasteiger partial charge in [0.1, 0.15) is 23.6 Å². The van der Waals surface area contributed by atoms with Crippen LogP contribution in [0.25, 0.3) is 33.3 Å². The fourth-order valence-electron chi connectivity index (χ4n) is 2.66. The van der Waals surface area contributed by atoms with Crippen LogP contribution in [-0.2, 0) is 7.05 Å². The normalized spacial score (nSPS) is 11.8. The van der Waals surface area contributed by atoms with E-state index in [1.165, 1.54) is 16.5 Å². The number of hydrogen-bond donors (Lipinski definition) is 0. The number of para-hydroxylation sites is 1. The maximum absolute atomic E-state index is 12.6. The molecule has 118 valence electrons. The van der Waals surface area contributed by atoms with Gasteiger partial charge in [0.05, 0.1) is 10.9 Å². The molecule has 0 aliphatic heterocycles. The number of thiazole rings is 1. The molecule has 3 nitrogen and oxygen atoms in total. The highest BCUT2D eigenvalue weighted by Gasteiger charge is 2.14. The van der Waals surface area contributed by atoms with E-state index in [0.29, 0.717) is 21.6 Å². The Morgan fingerprint density at radius 2 is 2.00 bits per heavy atom. The van der Waals surface area contributed by atoms with Crippen molar-refractivity contribution in [2.75, 3.05) is 0 Å². The third-order valence-corrected chi connectivity index (χ3v) is 5.36. The van der Waals surface area contributed by atoms with Crippen LogP contribution in [0.4, 0.5) is 0 Å². The van der Waals surface area contributed by atoms with Crippen LogP contribution in [0.3, 0.4) is 0 Å². The van der Waals surface area contributed by atoms with E-state index >= 15 is 0 Å². The van der Waals surface area contributed by atoms with Crippen molar-refractivity contribution in [3.8, 4) is 0 Å². The minimum absolute atomic E-state index is 0.0845. The summed E-state index contributed by atoms with van der Waals surface area (Å²) in [4.78, 5) is 12.6. The van der Waals surface area contributed by atoms with Gasteiger partial charge in [0.2, 0.25) is 5.52 Å². The second-order valence-corrected chi connectivity index (χ2v) is 6.96. The van der Waals surface area contributed by atoms with E-state index in [9.17, 15) is 4.79 Å². The minimum atomic E-state index is -0.0845. The van der Waals surface area contributed by atoms with Crippen LogP contribution in [-0.4, -0.2) is 0 Å². The molecule has 0 radical (unpaired) electrons. The molecule has 0 atom stereocenters. The number of fused-ring (bicyclic) bond motifs is 2. The molecule has 0 unspecified atom stereocenters. The lowest BCUT2D eigenvalue weighted by molar-refractivity contribution is -0.642. The predicted octanol–water partition coefficient (Wildman–Crippen LogP) is 4.66. The second-order valence-electron chi connectivity index (χ2n) is 5.46. The van der Waals surface area contributed by atoms with Crippen LogP contribution in [0.2, 0.25) is 5.02 Å². The Morgan fingerprint density at radius 1 is 1.17 bits per heavy atom. The summed E-state index contributed by atoms with van der Waals surface area (Å²) >= 11 is 7.66. The van der Waals surface area contributed by atoms with Crippen molar-refractivity contribution in [1.82, 2.24) is 0 Å². The number of nitrogens with zero attached hydrogens (tertiary/aromatic N) is 1. The average molecular weight is 355 g/mol. The molecule has 2 aromatic carbocycles. The molecule has 4 aromatic rings. The Kier molecular flexibility index (Phi) is 3.71.